The molecule has 13 atom stereocenters. The molecule has 0 aliphatic rings. The maximum absolute atomic E-state index is 14.5. The number of nitrogens with one attached hydrogen (secondary N) is 12. The Labute approximate surface area is 612 Å². The van der Waals surface area contributed by atoms with Gasteiger partial charge in [0.05, 0.1) is 31.8 Å². The Bertz CT molecular complexity index is 3330. The molecule has 0 aliphatic carbocycles. The van der Waals surface area contributed by atoms with E-state index < -0.39 is 224 Å². The molecule has 0 aliphatic heterocycles. The monoisotopic (exact) mass is 1500 g/mol. The molecule has 0 bridgehead atoms. The number of carboxylic acid groups (broad SMARTS) is 2. The zero-order valence-electron chi connectivity index (χ0n) is 59.9. The smallest absolute Gasteiger partial charge is 0.325 e. The summed E-state index contributed by atoms with van der Waals surface area (Å²) in [6.45, 7) is 5.46. The molecule has 2 rings (SSSR count). The van der Waals surface area contributed by atoms with Crippen LogP contribution in [0.25, 0.3) is 0 Å². The fourth-order valence-electron chi connectivity index (χ4n) is 10.3. The number of amides is 15. The van der Waals surface area contributed by atoms with Gasteiger partial charge >= 0.3 is 11.9 Å². The van der Waals surface area contributed by atoms with Crippen molar-refractivity contribution in [2.45, 2.75) is 209 Å². The fourth-order valence-corrected chi connectivity index (χ4v) is 10.3. The second-order valence-corrected chi connectivity index (χ2v) is 25.4. The highest BCUT2D eigenvalue weighted by atomic mass is 16.4. The van der Waals surface area contributed by atoms with Gasteiger partial charge in [-0.25, -0.2) is 0 Å². The Morgan fingerprint density at radius 2 is 0.792 bits per heavy atom. The summed E-state index contributed by atoms with van der Waals surface area (Å²) >= 11 is 0. The van der Waals surface area contributed by atoms with Crippen molar-refractivity contribution in [3.63, 3.8) is 0 Å². The van der Waals surface area contributed by atoms with Gasteiger partial charge in [-0.1, -0.05) is 62.7 Å². The van der Waals surface area contributed by atoms with Gasteiger partial charge in [-0.15, -0.1) is 0 Å². The van der Waals surface area contributed by atoms with Gasteiger partial charge in [-0.2, -0.15) is 0 Å². The summed E-state index contributed by atoms with van der Waals surface area (Å²) in [4.78, 5) is 227. The van der Waals surface area contributed by atoms with Crippen LogP contribution in [0.3, 0.4) is 0 Å². The lowest BCUT2D eigenvalue weighted by atomic mass is 9.96. The minimum absolute atomic E-state index is 0.0110. The molecule has 0 saturated heterocycles. The second kappa shape index (κ2) is 48.2. The van der Waals surface area contributed by atoms with Gasteiger partial charge in [-0.3, -0.25) is 81.5 Å². The Balaban J connectivity index is 2.52. The molecule has 29 N–H and O–H groups in total. The van der Waals surface area contributed by atoms with Gasteiger partial charge in [-0.05, 0) is 127 Å². The Kier molecular flexibility index (Phi) is 41.4. The number of unbranched alkanes of at least 4 members (excludes halogenated alkanes) is 3. The number of aromatic hydroxyl groups is 1. The summed E-state index contributed by atoms with van der Waals surface area (Å²) in [5, 5.41) is 58.2. The molecule has 0 aromatic heterocycles. The van der Waals surface area contributed by atoms with E-state index in [0.29, 0.717) is 37.7 Å². The summed E-state index contributed by atoms with van der Waals surface area (Å²) in [5.74, 6) is -19.3. The van der Waals surface area contributed by atoms with Crippen molar-refractivity contribution in [3.05, 3.63) is 65.7 Å². The first-order valence-electron chi connectivity index (χ1n) is 34.6. The van der Waals surface area contributed by atoms with Gasteiger partial charge in [0, 0.05) is 19.3 Å². The topological polar surface area (TPSA) is 677 Å². The Morgan fingerprint density at radius 3 is 1.27 bits per heavy atom. The predicted molar refractivity (Wildman–Crippen MR) is 380 cm³/mol. The van der Waals surface area contributed by atoms with Crippen molar-refractivity contribution in [1.29, 1.82) is 0 Å². The normalized spacial score (nSPS) is 14.6. The van der Waals surface area contributed by atoms with Gasteiger partial charge in [0.25, 0.3) is 0 Å². The third-order valence-corrected chi connectivity index (χ3v) is 16.5. The number of hydrogen-bond donors (Lipinski definition) is 22. The number of carbonyl (C=O) groups excluding carboxylic acids is 15. The molecule has 588 valence electrons. The van der Waals surface area contributed by atoms with Crippen molar-refractivity contribution < 1.29 is 96.8 Å². The van der Waals surface area contributed by atoms with E-state index in [9.17, 15) is 96.8 Å². The number of hydrogen-bond acceptors (Lipinski definition) is 22. The molecule has 15 amide bonds. The molecule has 0 unspecified atom stereocenters. The quantitative estimate of drug-likeness (QED) is 0.0274. The number of phenols is 1. The number of primary amides is 3. The van der Waals surface area contributed by atoms with E-state index in [0.717, 1.165) is 0 Å². The molecule has 0 radical (unpaired) electrons. The summed E-state index contributed by atoms with van der Waals surface area (Å²) < 4.78 is 0. The SMILES string of the molecule is CC[C@H](C)[C@H](NC(=O)[C@H](CC(=O)O)NC(=O)[C@@H](N)CC(N)=O)C(=O)N[C@@H](CCC(N)=O)C(=O)N[C@@H](Cc1ccc(O)cc1)C(=O)N[C@@H](CC(N)=O)C(=O)N[C@@H](C)C(=O)N[C@@H](CCCCN)C(=O)N[C@@H](Cc1ccccc1)C(=O)N[C@@H](CCCCN)C(=O)NCC(=O)N[C@@H](CCCCN)C(=O)N[C@@H](C)C(=O)O. The number of rotatable bonds is 52. The third kappa shape index (κ3) is 35.0. The summed E-state index contributed by atoms with van der Waals surface area (Å²) in [6.07, 6.45) is -2.13. The molecular formula is C67H105N19O20. The fraction of sp³-hybridized carbons (Fsp3) is 0.567. The van der Waals surface area contributed by atoms with Crippen molar-refractivity contribution in [3.8, 4) is 5.75 Å². The van der Waals surface area contributed by atoms with Gasteiger partial charge < -0.3 is 119 Å². The van der Waals surface area contributed by atoms with Gasteiger partial charge in [0.15, 0.2) is 0 Å². The number of nitrogens with two attached hydrogens (primary N) is 7. The molecule has 39 heteroatoms. The van der Waals surface area contributed by atoms with Crippen LogP contribution < -0.4 is 104 Å². The first kappa shape index (κ1) is 91.2. The number of carboxylic acids is 2. The van der Waals surface area contributed by atoms with Crippen molar-refractivity contribution in [2.75, 3.05) is 26.2 Å². The lowest BCUT2D eigenvalue weighted by Gasteiger charge is -2.29. The highest BCUT2D eigenvalue weighted by molar-refractivity contribution is 6.01. The van der Waals surface area contributed by atoms with Crippen LogP contribution in [0.5, 0.6) is 5.75 Å². The van der Waals surface area contributed by atoms with E-state index in [1.165, 1.54) is 45.0 Å². The van der Waals surface area contributed by atoms with Crippen LogP contribution in [0.1, 0.15) is 135 Å². The Hall–Kier alpha value is -10.9. The van der Waals surface area contributed by atoms with Crippen LogP contribution in [-0.2, 0) is 94.3 Å². The molecule has 106 heavy (non-hydrogen) atoms. The van der Waals surface area contributed by atoms with E-state index in [4.69, 9.17) is 40.1 Å². The molecular weight excluding hydrogens is 1390 g/mol. The van der Waals surface area contributed by atoms with Crippen LogP contribution in [-0.4, -0.2) is 215 Å². The first-order valence-corrected chi connectivity index (χ1v) is 34.6. The average molecular weight is 1500 g/mol. The summed E-state index contributed by atoms with van der Waals surface area (Å²) in [6, 6.07) is -5.35. The van der Waals surface area contributed by atoms with E-state index in [2.05, 4.69) is 63.8 Å². The van der Waals surface area contributed by atoms with Gasteiger partial charge in [0.2, 0.25) is 88.6 Å². The first-order chi connectivity index (χ1) is 50.0. The molecule has 2 aromatic rings. The molecule has 2 aromatic carbocycles. The average Bonchev–Trinajstić information content (AvgIpc) is 0.854. The highest BCUT2D eigenvalue weighted by Gasteiger charge is 2.38. The van der Waals surface area contributed by atoms with Crippen molar-refractivity contribution in [1.82, 2.24) is 63.8 Å². The van der Waals surface area contributed by atoms with Gasteiger partial charge in [0.1, 0.15) is 72.2 Å². The largest absolute Gasteiger partial charge is 0.508 e. The van der Waals surface area contributed by atoms with Crippen molar-refractivity contribution >= 4 is 101 Å². The Morgan fingerprint density at radius 1 is 0.396 bits per heavy atom. The molecule has 0 heterocycles. The van der Waals surface area contributed by atoms with Crippen LogP contribution in [0, 0.1) is 5.92 Å². The van der Waals surface area contributed by atoms with E-state index >= 15 is 0 Å². The van der Waals surface area contributed by atoms with Crippen LogP contribution in [0.15, 0.2) is 54.6 Å². The van der Waals surface area contributed by atoms with Crippen LogP contribution >= 0.6 is 0 Å². The zero-order chi connectivity index (χ0) is 79.8. The summed E-state index contributed by atoms with van der Waals surface area (Å²) in [7, 11) is 0. The predicted octanol–water partition coefficient (Wildman–Crippen LogP) is -7.00. The zero-order valence-corrected chi connectivity index (χ0v) is 59.9. The second-order valence-electron chi connectivity index (χ2n) is 25.4. The van der Waals surface area contributed by atoms with Crippen LogP contribution in [0.2, 0.25) is 0 Å². The number of aliphatic carboxylic acids is 2. The standard InChI is InChI=1S/C67H105N19O20/c1-5-35(2)55(86-65(103)49(33-54(92)93)82-57(95)41(71)31-51(73)89)66(104)81-45(24-25-50(72)88)61(99)84-47(30-39-20-22-40(87)23-21-39)64(102)85-48(32-52(74)90)62(100)76-36(3)56(94)79-44(19-11-14-28-70)60(98)83-46(29-38-15-7-6-8-16-38)63(101)80-42(17-9-12-26-68)58(96)75-34-53(91)78-43(18-10-13-27-69)59(97)77-37(4)67(105)106/h6-8,15-16,20-23,35-37,41-49,55,87H,5,9-14,17-19,24-34,68-71H2,1-4H3,(H2,72,88)(H2,73,89)(H2,74,90)(H,75,96)(H,76,100)(H,77,97)(H,78,91)(H,79,94)(H,80,101)(H,81,104)(H,82,95)(H,83,98)(H,84,99)(H,85,102)(H,86,103)(H,92,93)(H,105,106)/t35-,36-,37-,41-,42-,43-,44-,45-,46-,47-,48-,49-,55-/m0/s1. The lowest BCUT2D eigenvalue weighted by molar-refractivity contribution is -0.142. The molecule has 39 nitrogen and oxygen atoms in total. The lowest BCUT2D eigenvalue weighted by Crippen LogP contribution is -2.61. The maximum Gasteiger partial charge on any atom is 0.325 e. The molecule has 0 fully saturated rings. The summed E-state index contributed by atoms with van der Waals surface area (Å²) in [5.41, 5.74) is 39.8. The minimum Gasteiger partial charge on any atom is -0.508 e. The molecule has 0 spiro atoms. The van der Waals surface area contributed by atoms with E-state index in [1.54, 1.807) is 37.3 Å². The van der Waals surface area contributed by atoms with E-state index in [1.807, 2.05) is 0 Å². The number of phenolic OH excluding ortho intramolecular Hbond substituents is 1. The third-order valence-electron chi connectivity index (χ3n) is 16.5. The van der Waals surface area contributed by atoms with E-state index in [-0.39, 0.29) is 69.5 Å². The van der Waals surface area contributed by atoms with Crippen LogP contribution in [0.4, 0.5) is 0 Å². The maximum atomic E-state index is 14.5. The number of carbonyl (C=O) groups is 17. The minimum atomic E-state index is -1.92. The highest BCUT2D eigenvalue weighted by Crippen LogP contribution is 2.16. The molecule has 0 saturated carbocycles. The number of benzene rings is 2. The van der Waals surface area contributed by atoms with Crippen molar-refractivity contribution in [2.24, 2.45) is 46.1 Å².